The van der Waals surface area contributed by atoms with Gasteiger partial charge in [-0.1, -0.05) is 30.3 Å². The third-order valence-electron chi connectivity index (χ3n) is 4.87. The second-order valence-corrected chi connectivity index (χ2v) is 7.91. The first-order valence-electron chi connectivity index (χ1n) is 9.18. The molecule has 26 heavy (non-hydrogen) atoms. The molecular formula is C20H24N4OS. The van der Waals surface area contributed by atoms with Gasteiger partial charge in [-0.2, -0.15) is 5.10 Å². The van der Waals surface area contributed by atoms with Crippen LogP contribution in [0.25, 0.3) is 10.6 Å². The van der Waals surface area contributed by atoms with Gasteiger partial charge in [0.25, 0.3) is 0 Å². The van der Waals surface area contributed by atoms with Crippen molar-refractivity contribution in [3.8, 4) is 10.6 Å². The Kier molecular flexibility index (Phi) is 5.43. The van der Waals surface area contributed by atoms with Crippen LogP contribution in [0.2, 0.25) is 0 Å². The fourth-order valence-electron chi connectivity index (χ4n) is 3.58. The van der Waals surface area contributed by atoms with Crippen LogP contribution in [0.4, 0.5) is 0 Å². The summed E-state index contributed by atoms with van der Waals surface area (Å²) in [5.74, 6) is 0.477. The molecule has 0 spiro atoms. The molecule has 1 fully saturated rings. The third-order valence-corrected chi connectivity index (χ3v) is 5.90. The Bertz CT molecular complexity index is 829. The van der Waals surface area contributed by atoms with E-state index in [0.29, 0.717) is 12.5 Å². The van der Waals surface area contributed by atoms with Gasteiger partial charge >= 0.3 is 0 Å². The molecule has 1 atom stereocenters. The van der Waals surface area contributed by atoms with E-state index in [2.05, 4.69) is 45.3 Å². The molecule has 0 amide bonds. The molecule has 5 nitrogen and oxygen atoms in total. The van der Waals surface area contributed by atoms with E-state index in [9.17, 15) is 0 Å². The van der Waals surface area contributed by atoms with E-state index in [4.69, 9.17) is 5.11 Å². The number of hydrogen-bond acceptors (Lipinski definition) is 5. The number of piperidine rings is 1. The molecule has 2 aromatic heterocycles. The lowest BCUT2D eigenvalue weighted by Crippen LogP contribution is -2.33. The number of thiazole rings is 1. The highest BCUT2D eigenvalue weighted by molar-refractivity contribution is 7.15. The fourth-order valence-corrected chi connectivity index (χ4v) is 4.54. The Labute approximate surface area is 157 Å². The van der Waals surface area contributed by atoms with Crippen LogP contribution in [-0.2, 0) is 13.1 Å². The zero-order chi connectivity index (χ0) is 17.8. The van der Waals surface area contributed by atoms with E-state index in [1.165, 1.54) is 23.3 Å². The Hall–Kier alpha value is -2.02. The molecule has 4 rings (SSSR count). The summed E-state index contributed by atoms with van der Waals surface area (Å²) in [5, 5.41) is 14.8. The topological polar surface area (TPSA) is 54.2 Å². The summed E-state index contributed by atoms with van der Waals surface area (Å²) in [7, 11) is 0. The normalized spacial score (nSPS) is 18.3. The predicted molar refractivity (Wildman–Crippen MR) is 104 cm³/mol. The summed E-state index contributed by atoms with van der Waals surface area (Å²) >= 11 is 1.79. The van der Waals surface area contributed by atoms with Crippen LogP contribution in [0.3, 0.4) is 0 Å². The first kappa shape index (κ1) is 17.4. The van der Waals surface area contributed by atoms with Crippen LogP contribution in [0.5, 0.6) is 0 Å². The number of hydrogen-bond donors (Lipinski definition) is 1. The maximum atomic E-state index is 9.06. The number of aliphatic hydroxyl groups excluding tert-OH is 1. The summed E-state index contributed by atoms with van der Waals surface area (Å²) in [6.07, 6.45) is 6.37. The smallest absolute Gasteiger partial charge is 0.123 e. The van der Waals surface area contributed by atoms with Crippen molar-refractivity contribution in [3.63, 3.8) is 0 Å². The molecule has 136 valence electrons. The number of rotatable bonds is 6. The monoisotopic (exact) mass is 368 g/mol. The lowest BCUT2D eigenvalue weighted by molar-refractivity contribution is 0.199. The molecule has 1 aliphatic heterocycles. The molecule has 0 bridgehead atoms. The van der Waals surface area contributed by atoms with Crippen LogP contribution in [0.1, 0.15) is 29.3 Å². The zero-order valence-corrected chi connectivity index (χ0v) is 15.6. The van der Waals surface area contributed by atoms with Crippen molar-refractivity contribution in [2.24, 2.45) is 0 Å². The molecule has 3 aromatic rings. The van der Waals surface area contributed by atoms with Crippen LogP contribution in [0.15, 0.2) is 48.8 Å². The summed E-state index contributed by atoms with van der Waals surface area (Å²) in [4.78, 5) is 8.44. The zero-order valence-electron chi connectivity index (χ0n) is 14.8. The number of aromatic nitrogens is 3. The second-order valence-electron chi connectivity index (χ2n) is 6.80. The van der Waals surface area contributed by atoms with Crippen molar-refractivity contribution in [1.82, 2.24) is 19.7 Å². The molecule has 6 heteroatoms. The van der Waals surface area contributed by atoms with E-state index in [1.54, 1.807) is 11.3 Å². The van der Waals surface area contributed by atoms with E-state index < -0.39 is 0 Å². The average molecular weight is 369 g/mol. The van der Waals surface area contributed by atoms with Gasteiger partial charge < -0.3 is 5.11 Å². The predicted octanol–water partition coefficient (Wildman–Crippen LogP) is 3.38. The fraction of sp³-hybridized carbons (Fsp3) is 0.400. The molecule has 0 saturated carbocycles. The number of benzene rings is 1. The minimum Gasteiger partial charge on any atom is -0.394 e. The van der Waals surface area contributed by atoms with Crippen molar-refractivity contribution in [2.75, 3.05) is 19.7 Å². The van der Waals surface area contributed by atoms with Gasteiger partial charge in [-0.3, -0.25) is 9.58 Å². The third kappa shape index (κ3) is 4.03. The largest absolute Gasteiger partial charge is 0.394 e. The van der Waals surface area contributed by atoms with Crippen LogP contribution in [0, 0.1) is 0 Å². The number of nitrogens with zero attached hydrogens (tertiary/aromatic N) is 4. The highest BCUT2D eigenvalue weighted by Crippen LogP contribution is 2.29. The highest BCUT2D eigenvalue weighted by atomic mass is 32.1. The van der Waals surface area contributed by atoms with Crippen LogP contribution >= 0.6 is 11.3 Å². The lowest BCUT2D eigenvalue weighted by atomic mass is 9.95. The van der Waals surface area contributed by atoms with Crippen molar-refractivity contribution >= 4 is 11.3 Å². The first-order valence-corrected chi connectivity index (χ1v) is 10.00. The van der Waals surface area contributed by atoms with Gasteiger partial charge in [0, 0.05) is 41.8 Å². The van der Waals surface area contributed by atoms with Gasteiger partial charge in [0.15, 0.2) is 0 Å². The van der Waals surface area contributed by atoms with E-state index in [-0.39, 0.29) is 6.61 Å². The van der Waals surface area contributed by atoms with Crippen molar-refractivity contribution in [2.45, 2.75) is 31.8 Å². The Morgan fingerprint density at radius 1 is 1.19 bits per heavy atom. The number of likely N-dealkylation sites (tertiary alicyclic amines) is 1. The maximum Gasteiger partial charge on any atom is 0.123 e. The molecule has 0 unspecified atom stereocenters. The standard InChI is InChI=1S/C20H24N4OS/c25-12-11-24-10-8-19(22-24)17-7-4-9-23(14-17)15-18-13-21-20(26-18)16-5-2-1-3-6-16/h1-3,5-6,8,10,13,17,25H,4,7,9,11-12,14-15H2/t17-/m1/s1. The van der Waals surface area contributed by atoms with Gasteiger partial charge in [-0.05, 0) is 25.5 Å². The minimum atomic E-state index is 0.132. The van der Waals surface area contributed by atoms with Crippen molar-refractivity contribution in [1.29, 1.82) is 0 Å². The summed E-state index contributed by atoms with van der Waals surface area (Å²) in [6.45, 7) is 3.83. The van der Waals surface area contributed by atoms with Crippen molar-refractivity contribution in [3.05, 3.63) is 59.4 Å². The van der Waals surface area contributed by atoms with Gasteiger partial charge in [-0.15, -0.1) is 11.3 Å². The van der Waals surface area contributed by atoms with Gasteiger partial charge in [0.1, 0.15) is 5.01 Å². The molecule has 1 aliphatic rings. The van der Waals surface area contributed by atoms with E-state index in [1.807, 2.05) is 23.1 Å². The molecular weight excluding hydrogens is 344 g/mol. The molecule has 1 saturated heterocycles. The average Bonchev–Trinajstić information content (AvgIpc) is 3.33. The SMILES string of the molecule is OCCn1ccc([C@@H]2CCCN(Cc3cnc(-c4ccccc4)s3)C2)n1. The first-order chi connectivity index (χ1) is 12.8. The van der Waals surface area contributed by atoms with Gasteiger partial charge in [0.2, 0.25) is 0 Å². The molecule has 0 radical (unpaired) electrons. The Morgan fingerprint density at radius 3 is 2.92 bits per heavy atom. The van der Waals surface area contributed by atoms with E-state index >= 15 is 0 Å². The van der Waals surface area contributed by atoms with Gasteiger partial charge in [0.05, 0.1) is 18.8 Å². The molecule has 0 aliphatic carbocycles. The molecule has 3 heterocycles. The second kappa shape index (κ2) is 8.12. The number of aliphatic hydroxyl groups is 1. The van der Waals surface area contributed by atoms with Crippen molar-refractivity contribution < 1.29 is 5.11 Å². The van der Waals surface area contributed by atoms with Crippen LogP contribution in [-0.4, -0.2) is 44.5 Å². The van der Waals surface area contributed by atoms with Crippen LogP contribution < -0.4 is 0 Å². The Morgan fingerprint density at radius 2 is 2.08 bits per heavy atom. The maximum absolute atomic E-state index is 9.06. The minimum absolute atomic E-state index is 0.132. The Balaban J connectivity index is 1.40. The summed E-state index contributed by atoms with van der Waals surface area (Å²) < 4.78 is 1.84. The van der Waals surface area contributed by atoms with E-state index in [0.717, 1.165) is 30.3 Å². The summed E-state index contributed by atoms with van der Waals surface area (Å²) in [5.41, 5.74) is 2.34. The highest BCUT2D eigenvalue weighted by Gasteiger charge is 2.23. The molecule has 1 aromatic carbocycles. The molecule has 1 N–H and O–H groups in total. The van der Waals surface area contributed by atoms with Gasteiger partial charge in [-0.25, -0.2) is 4.98 Å². The quantitative estimate of drug-likeness (QED) is 0.725. The lowest BCUT2D eigenvalue weighted by Gasteiger charge is -2.31. The summed E-state index contributed by atoms with van der Waals surface area (Å²) in [6, 6.07) is 12.5.